The zero-order chi connectivity index (χ0) is 39.2. The van der Waals surface area contributed by atoms with Crippen LogP contribution >= 0.6 is 0 Å². The van der Waals surface area contributed by atoms with E-state index in [0.29, 0.717) is 102 Å². The predicted molar refractivity (Wildman–Crippen MR) is 218 cm³/mol. The van der Waals surface area contributed by atoms with E-state index in [1.807, 2.05) is 121 Å². The van der Waals surface area contributed by atoms with E-state index in [0.717, 1.165) is 0 Å². The fourth-order valence-electron chi connectivity index (χ4n) is 6.55. The second-order valence-corrected chi connectivity index (χ2v) is 14.3. The highest BCUT2D eigenvalue weighted by molar-refractivity contribution is 5.23. The van der Waals surface area contributed by atoms with Gasteiger partial charge in [0.15, 0.2) is 0 Å². The molecule has 0 amide bonds. The lowest BCUT2D eigenvalue weighted by Crippen LogP contribution is -2.51. The molecule has 0 radical (unpaired) electrons. The number of hydrogen-bond donors (Lipinski definition) is 4. The van der Waals surface area contributed by atoms with Crippen molar-refractivity contribution in [2.45, 2.75) is 24.4 Å². The fraction of sp³-hybridized carbons (Fsp3) is 0.455. The summed E-state index contributed by atoms with van der Waals surface area (Å²) in [6.07, 6.45) is -2.91. The first-order valence-electron chi connectivity index (χ1n) is 19.7. The number of hydrogen-bond acceptors (Lipinski definition) is 12. The zero-order valence-electron chi connectivity index (χ0n) is 32.4. The Balaban J connectivity index is 1.26. The number of para-hydroxylation sites is 4. The highest BCUT2D eigenvalue weighted by Crippen LogP contribution is 2.13. The van der Waals surface area contributed by atoms with E-state index < -0.39 is 24.4 Å². The Morgan fingerprint density at radius 2 is 0.500 bits per heavy atom. The summed E-state index contributed by atoms with van der Waals surface area (Å²) in [5.41, 5.74) is 0. The lowest BCUT2D eigenvalue weighted by molar-refractivity contribution is 0.0240. The van der Waals surface area contributed by atoms with Gasteiger partial charge in [-0.2, -0.15) is 0 Å². The summed E-state index contributed by atoms with van der Waals surface area (Å²) in [5, 5.41) is 44.5. The average molecular weight is 773 g/mol. The Hall–Kier alpha value is -4.24. The molecule has 1 saturated heterocycles. The van der Waals surface area contributed by atoms with Gasteiger partial charge in [0.1, 0.15) is 73.8 Å². The van der Waals surface area contributed by atoms with Crippen LogP contribution in [0.5, 0.6) is 23.0 Å². The molecule has 4 aromatic rings. The van der Waals surface area contributed by atoms with E-state index in [4.69, 9.17) is 18.9 Å². The van der Waals surface area contributed by atoms with Crippen molar-refractivity contribution in [3.63, 3.8) is 0 Å². The first-order valence-corrected chi connectivity index (χ1v) is 19.7. The minimum absolute atomic E-state index is 0.157. The van der Waals surface area contributed by atoms with Crippen LogP contribution in [0.25, 0.3) is 0 Å². The van der Waals surface area contributed by atoms with Crippen LogP contribution in [0, 0.1) is 0 Å². The number of aliphatic hydroxyl groups excluding tert-OH is 4. The van der Waals surface area contributed by atoms with Gasteiger partial charge in [0.05, 0.1) is 0 Å². The third-order valence-corrected chi connectivity index (χ3v) is 9.55. The van der Waals surface area contributed by atoms with Gasteiger partial charge in [0.2, 0.25) is 0 Å². The molecule has 4 N–H and O–H groups in total. The number of nitrogens with zero attached hydrogens (tertiary/aromatic N) is 4. The van der Waals surface area contributed by atoms with E-state index in [2.05, 4.69) is 19.6 Å². The van der Waals surface area contributed by atoms with Crippen molar-refractivity contribution in [1.29, 1.82) is 0 Å². The largest absolute Gasteiger partial charge is 0.491 e. The number of ether oxygens (including phenoxy) is 4. The maximum Gasteiger partial charge on any atom is 0.119 e. The molecule has 12 nitrogen and oxygen atoms in total. The summed E-state index contributed by atoms with van der Waals surface area (Å²) in [6.45, 7) is 7.29. The first-order chi connectivity index (χ1) is 27.4. The molecule has 5 rings (SSSR count). The molecular weight excluding hydrogens is 713 g/mol. The molecule has 56 heavy (non-hydrogen) atoms. The Labute approximate surface area is 332 Å². The molecule has 4 aromatic carbocycles. The Morgan fingerprint density at radius 3 is 0.679 bits per heavy atom. The average Bonchev–Trinajstić information content (AvgIpc) is 3.23. The van der Waals surface area contributed by atoms with Crippen molar-refractivity contribution < 1.29 is 39.4 Å². The van der Waals surface area contributed by atoms with Crippen molar-refractivity contribution in [3.8, 4) is 23.0 Å². The van der Waals surface area contributed by atoms with Gasteiger partial charge in [0, 0.05) is 78.5 Å². The molecule has 0 aliphatic carbocycles. The van der Waals surface area contributed by atoms with Crippen molar-refractivity contribution in [2.24, 2.45) is 0 Å². The Bertz CT molecular complexity index is 1330. The Kier molecular flexibility index (Phi) is 18.7. The standard InChI is InChI=1S/C44H60N4O8/c49-37(33-53-41-13-5-1-6-14-41)29-45-21-23-46(30-38(50)34-54-42-15-7-2-8-16-42)25-27-48(32-40(52)36-56-44-19-11-4-12-20-44)28-26-47(24-22-45)31-39(51)35-55-43-17-9-3-10-18-43/h1-20,37-40,49-52H,21-36H2. The summed E-state index contributed by atoms with van der Waals surface area (Å²) >= 11 is 0. The summed E-state index contributed by atoms with van der Waals surface area (Å²) in [5.74, 6) is 2.82. The summed E-state index contributed by atoms with van der Waals surface area (Å²) in [4.78, 5) is 8.90. The van der Waals surface area contributed by atoms with Crippen LogP contribution < -0.4 is 18.9 Å². The lowest BCUT2D eigenvalue weighted by Gasteiger charge is -2.36. The summed E-state index contributed by atoms with van der Waals surface area (Å²) in [6, 6.07) is 37.9. The highest BCUT2D eigenvalue weighted by Gasteiger charge is 2.23. The van der Waals surface area contributed by atoms with Crippen molar-refractivity contribution in [1.82, 2.24) is 19.6 Å². The number of aliphatic hydroxyl groups is 4. The van der Waals surface area contributed by atoms with Gasteiger partial charge in [-0.15, -0.1) is 0 Å². The predicted octanol–water partition coefficient (Wildman–Crippen LogP) is 2.97. The molecule has 0 spiro atoms. The fourth-order valence-corrected chi connectivity index (χ4v) is 6.55. The molecule has 4 unspecified atom stereocenters. The zero-order valence-corrected chi connectivity index (χ0v) is 32.4. The molecular formula is C44H60N4O8. The van der Waals surface area contributed by atoms with E-state index >= 15 is 0 Å². The van der Waals surface area contributed by atoms with Gasteiger partial charge in [-0.3, -0.25) is 19.6 Å². The molecule has 1 heterocycles. The SMILES string of the molecule is OC(COc1ccccc1)CN1CCN(CC(O)COc2ccccc2)CCN(CC(O)COc2ccccc2)CCN(CC(O)COc2ccccc2)CC1. The maximum absolute atomic E-state index is 11.1. The first kappa shape index (κ1) is 42.9. The molecule has 12 heteroatoms. The molecule has 304 valence electrons. The van der Waals surface area contributed by atoms with Gasteiger partial charge in [-0.1, -0.05) is 72.8 Å². The van der Waals surface area contributed by atoms with Crippen LogP contribution in [-0.4, -0.2) is 169 Å². The lowest BCUT2D eigenvalue weighted by atomic mass is 10.2. The second-order valence-electron chi connectivity index (χ2n) is 14.3. The third-order valence-electron chi connectivity index (χ3n) is 9.55. The van der Waals surface area contributed by atoms with Crippen LogP contribution in [0.1, 0.15) is 0 Å². The number of β-amino-alcohol motifs (C(OH)–C–C–N with tert-alkyl or cyclic N) is 4. The molecule has 0 bridgehead atoms. The monoisotopic (exact) mass is 772 g/mol. The summed E-state index contributed by atoms with van der Waals surface area (Å²) < 4.78 is 23.5. The maximum atomic E-state index is 11.1. The number of rotatable bonds is 20. The smallest absolute Gasteiger partial charge is 0.119 e. The van der Waals surface area contributed by atoms with Crippen molar-refractivity contribution >= 4 is 0 Å². The Morgan fingerprint density at radius 1 is 0.321 bits per heavy atom. The van der Waals surface area contributed by atoms with E-state index in [-0.39, 0.29) is 26.4 Å². The molecule has 1 aliphatic heterocycles. The van der Waals surface area contributed by atoms with Crippen LogP contribution in [0.15, 0.2) is 121 Å². The summed E-state index contributed by atoms with van der Waals surface area (Å²) in [7, 11) is 0. The minimum atomic E-state index is -0.727. The van der Waals surface area contributed by atoms with Gasteiger partial charge < -0.3 is 39.4 Å². The van der Waals surface area contributed by atoms with Crippen LogP contribution in [0.3, 0.4) is 0 Å². The van der Waals surface area contributed by atoms with Crippen LogP contribution in [-0.2, 0) is 0 Å². The minimum Gasteiger partial charge on any atom is -0.491 e. The van der Waals surface area contributed by atoms with Crippen molar-refractivity contribution in [3.05, 3.63) is 121 Å². The van der Waals surface area contributed by atoms with Gasteiger partial charge in [0.25, 0.3) is 0 Å². The molecule has 0 saturated carbocycles. The highest BCUT2D eigenvalue weighted by atomic mass is 16.5. The topological polar surface area (TPSA) is 131 Å². The van der Waals surface area contributed by atoms with Gasteiger partial charge in [-0.05, 0) is 48.5 Å². The molecule has 1 fully saturated rings. The third kappa shape index (κ3) is 16.9. The number of benzene rings is 4. The second kappa shape index (κ2) is 24.4. The quantitative estimate of drug-likeness (QED) is 0.105. The van der Waals surface area contributed by atoms with Crippen molar-refractivity contribution in [2.75, 3.05) is 105 Å². The van der Waals surface area contributed by atoms with Gasteiger partial charge >= 0.3 is 0 Å². The molecule has 0 aromatic heterocycles. The molecule has 4 atom stereocenters. The van der Waals surface area contributed by atoms with Crippen LogP contribution in [0.4, 0.5) is 0 Å². The van der Waals surface area contributed by atoms with E-state index in [1.54, 1.807) is 0 Å². The normalized spacial score (nSPS) is 17.8. The van der Waals surface area contributed by atoms with Gasteiger partial charge in [-0.25, -0.2) is 0 Å². The van der Waals surface area contributed by atoms with E-state index in [9.17, 15) is 20.4 Å². The molecule has 1 aliphatic rings. The van der Waals surface area contributed by atoms with Crippen LogP contribution in [0.2, 0.25) is 0 Å². The van der Waals surface area contributed by atoms with E-state index in [1.165, 1.54) is 0 Å².